The van der Waals surface area contributed by atoms with Crippen LogP contribution in [0.2, 0.25) is 0 Å². The Morgan fingerprint density at radius 2 is 1.83 bits per heavy atom. The van der Waals surface area contributed by atoms with E-state index in [0.717, 1.165) is 6.04 Å². The molecule has 1 N–H and O–H groups in total. The fourth-order valence-corrected chi connectivity index (χ4v) is 4.30. The number of rotatable bonds is 1. The van der Waals surface area contributed by atoms with E-state index < -0.39 is 0 Å². The van der Waals surface area contributed by atoms with Gasteiger partial charge in [-0.1, -0.05) is 0 Å². The third-order valence-electron chi connectivity index (χ3n) is 5.46. The van der Waals surface area contributed by atoms with Gasteiger partial charge in [-0.3, -0.25) is 4.90 Å². The molecule has 1 unspecified atom stereocenters. The normalized spacial score (nSPS) is 37.2. The van der Waals surface area contributed by atoms with Crippen LogP contribution in [0.1, 0.15) is 38.5 Å². The van der Waals surface area contributed by atoms with Gasteiger partial charge in [-0.15, -0.1) is 0 Å². The molecule has 0 aromatic heterocycles. The van der Waals surface area contributed by atoms with Crippen LogP contribution in [0.25, 0.3) is 0 Å². The number of piperidine rings is 3. The van der Waals surface area contributed by atoms with Gasteiger partial charge in [-0.05, 0) is 77.2 Å². The summed E-state index contributed by atoms with van der Waals surface area (Å²) in [7, 11) is 2.26. The molecule has 0 radical (unpaired) electrons. The topological polar surface area (TPSA) is 18.5 Å². The highest BCUT2D eigenvalue weighted by Crippen LogP contribution is 2.37. The van der Waals surface area contributed by atoms with Crippen LogP contribution in [0.4, 0.5) is 0 Å². The van der Waals surface area contributed by atoms with Crippen molar-refractivity contribution < 1.29 is 0 Å². The van der Waals surface area contributed by atoms with Crippen molar-refractivity contribution in [1.29, 1.82) is 0 Å². The van der Waals surface area contributed by atoms with Crippen LogP contribution in [-0.2, 0) is 0 Å². The van der Waals surface area contributed by atoms with E-state index in [2.05, 4.69) is 22.2 Å². The predicted octanol–water partition coefficient (Wildman–Crippen LogP) is 1.55. The van der Waals surface area contributed by atoms with Crippen LogP contribution in [-0.4, -0.2) is 62.2 Å². The molecule has 0 saturated carbocycles. The predicted molar refractivity (Wildman–Crippen MR) is 75.9 cm³/mol. The maximum Gasteiger partial charge on any atom is 0.0120 e. The van der Waals surface area contributed by atoms with Crippen LogP contribution in [0.15, 0.2) is 0 Å². The zero-order valence-electron chi connectivity index (χ0n) is 12.0. The molecule has 0 aliphatic carbocycles. The first-order valence-corrected chi connectivity index (χ1v) is 7.91. The van der Waals surface area contributed by atoms with Crippen molar-refractivity contribution >= 4 is 0 Å². The van der Waals surface area contributed by atoms with E-state index in [1.54, 1.807) is 0 Å². The highest BCUT2D eigenvalue weighted by molar-refractivity contribution is 4.94. The molecule has 3 heteroatoms. The minimum absolute atomic E-state index is 0.625. The van der Waals surface area contributed by atoms with E-state index in [-0.39, 0.29) is 0 Å². The molecule has 0 aromatic carbocycles. The van der Waals surface area contributed by atoms with Crippen molar-refractivity contribution in [2.45, 2.75) is 44.6 Å². The largest absolute Gasteiger partial charge is 0.316 e. The fourth-order valence-electron chi connectivity index (χ4n) is 4.30. The maximum atomic E-state index is 3.64. The van der Waals surface area contributed by atoms with Crippen molar-refractivity contribution in [2.75, 3.05) is 46.3 Å². The monoisotopic (exact) mass is 251 g/mol. The van der Waals surface area contributed by atoms with Crippen LogP contribution >= 0.6 is 0 Å². The molecular formula is C15H29N3. The average Bonchev–Trinajstić information content (AvgIpc) is 2.40. The van der Waals surface area contributed by atoms with Gasteiger partial charge in [0.25, 0.3) is 0 Å². The van der Waals surface area contributed by atoms with E-state index in [9.17, 15) is 0 Å². The molecule has 3 fully saturated rings. The number of hydrogen-bond acceptors (Lipinski definition) is 3. The standard InChI is InChI=1S/C15H29N3/c1-17-10-4-14(5-11-17)18-9-3-7-15(13-18)6-2-8-16-12-15/h14,16H,2-13H2,1H3. The summed E-state index contributed by atoms with van der Waals surface area (Å²) in [6.45, 7) is 7.84. The molecule has 0 bridgehead atoms. The lowest BCUT2D eigenvalue weighted by Crippen LogP contribution is -2.55. The van der Waals surface area contributed by atoms with E-state index >= 15 is 0 Å². The molecule has 3 rings (SSSR count). The molecule has 104 valence electrons. The summed E-state index contributed by atoms with van der Waals surface area (Å²) in [5.41, 5.74) is 0.625. The molecule has 0 aromatic rings. The van der Waals surface area contributed by atoms with Gasteiger partial charge in [-0.25, -0.2) is 0 Å². The second kappa shape index (κ2) is 5.48. The van der Waals surface area contributed by atoms with Gasteiger partial charge in [0.15, 0.2) is 0 Å². The first-order valence-electron chi connectivity index (χ1n) is 7.91. The Morgan fingerprint density at radius 3 is 2.56 bits per heavy atom. The molecule has 3 aliphatic heterocycles. The fraction of sp³-hybridized carbons (Fsp3) is 1.00. The van der Waals surface area contributed by atoms with Gasteiger partial charge in [0, 0.05) is 19.1 Å². The summed E-state index contributed by atoms with van der Waals surface area (Å²) >= 11 is 0. The Balaban J connectivity index is 1.59. The van der Waals surface area contributed by atoms with E-state index in [4.69, 9.17) is 0 Å². The number of nitrogens with zero attached hydrogens (tertiary/aromatic N) is 2. The zero-order chi connectivity index (χ0) is 12.4. The summed E-state index contributed by atoms with van der Waals surface area (Å²) in [6, 6.07) is 0.875. The van der Waals surface area contributed by atoms with Crippen molar-refractivity contribution in [3.63, 3.8) is 0 Å². The van der Waals surface area contributed by atoms with Crippen LogP contribution in [0.5, 0.6) is 0 Å². The number of nitrogens with one attached hydrogen (secondary N) is 1. The molecule has 1 spiro atoms. The lowest BCUT2D eigenvalue weighted by molar-refractivity contribution is 0.0187. The molecule has 3 heterocycles. The third kappa shape index (κ3) is 2.73. The lowest BCUT2D eigenvalue weighted by Gasteiger charge is -2.49. The average molecular weight is 251 g/mol. The highest BCUT2D eigenvalue weighted by atomic mass is 15.2. The maximum absolute atomic E-state index is 3.64. The Kier molecular flexibility index (Phi) is 3.92. The summed E-state index contributed by atoms with van der Waals surface area (Å²) in [5, 5.41) is 3.64. The first kappa shape index (κ1) is 12.9. The Hall–Kier alpha value is -0.120. The van der Waals surface area contributed by atoms with Gasteiger partial charge in [0.1, 0.15) is 0 Å². The lowest BCUT2D eigenvalue weighted by atomic mass is 9.74. The van der Waals surface area contributed by atoms with Crippen LogP contribution in [0, 0.1) is 5.41 Å². The molecule has 3 nitrogen and oxygen atoms in total. The van der Waals surface area contributed by atoms with Gasteiger partial charge < -0.3 is 10.2 Å². The zero-order valence-corrected chi connectivity index (χ0v) is 12.0. The van der Waals surface area contributed by atoms with Gasteiger partial charge in [0.05, 0.1) is 0 Å². The Bertz CT molecular complexity index is 259. The SMILES string of the molecule is CN1CCC(N2CCCC3(CCCNC3)C2)CC1. The summed E-state index contributed by atoms with van der Waals surface area (Å²) in [4.78, 5) is 5.32. The van der Waals surface area contributed by atoms with Crippen molar-refractivity contribution in [3.8, 4) is 0 Å². The Labute approximate surface area is 112 Å². The molecule has 1 atom stereocenters. The van der Waals surface area contributed by atoms with Crippen LogP contribution in [0.3, 0.4) is 0 Å². The highest BCUT2D eigenvalue weighted by Gasteiger charge is 2.38. The first-order chi connectivity index (χ1) is 8.77. The second-order valence-electron chi connectivity index (χ2n) is 6.89. The van der Waals surface area contributed by atoms with Crippen molar-refractivity contribution in [2.24, 2.45) is 5.41 Å². The van der Waals surface area contributed by atoms with E-state index in [1.165, 1.54) is 77.8 Å². The van der Waals surface area contributed by atoms with Gasteiger partial charge in [0.2, 0.25) is 0 Å². The van der Waals surface area contributed by atoms with E-state index in [0.29, 0.717) is 5.41 Å². The quantitative estimate of drug-likeness (QED) is 0.763. The molecule has 3 saturated heterocycles. The van der Waals surface area contributed by atoms with Crippen molar-refractivity contribution in [1.82, 2.24) is 15.1 Å². The summed E-state index contributed by atoms with van der Waals surface area (Å²) in [5.74, 6) is 0. The number of likely N-dealkylation sites (tertiary alicyclic amines) is 2. The van der Waals surface area contributed by atoms with E-state index in [1.807, 2.05) is 0 Å². The molecule has 0 amide bonds. The second-order valence-corrected chi connectivity index (χ2v) is 6.89. The minimum Gasteiger partial charge on any atom is -0.316 e. The minimum atomic E-state index is 0.625. The summed E-state index contributed by atoms with van der Waals surface area (Å²) in [6.07, 6.45) is 8.52. The summed E-state index contributed by atoms with van der Waals surface area (Å²) < 4.78 is 0. The van der Waals surface area contributed by atoms with Crippen LogP contribution < -0.4 is 5.32 Å². The molecular weight excluding hydrogens is 222 g/mol. The smallest absolute Gasteiger partial charge is 0.0120 e. The number of hydrogen-bond donors (Lipinski definition) is 1. The van der Waals surface area contributed by atoms with Gasteiger partial charge in [-0.2, -0.15) is 0 Å². The Morgan fingerprint density at radius 1 is 1.06 bits per heavy atom. The molecule has 18 heavy (non-hydrogen) atoms. The third-order valence-corrected chi connectivity index (χ3v) is 5.46. The van der Waals surface area contributed by atoms with Gasteiger partial charge >= 0.3 is 0 Å². The molecule has 3 aliphatic rings. The van der Waals surface area contributed by atoms with Crippen molar-refractivity contribution in [3.05, 3.63) is 0 Å².